The number of allylic oxidation sites excluding steroid dienone is 5. The van der Waals surface area contributed by atoms with Gasteiger partial charge in [0.2, 0.25) is 5.91 Å². The maximum atomic E-state index is 14.7. The second-order valence-corrected chi connectivity index (χ2v) is 14.8. The molecule has 2 fully saturated rings. The van der Waals surface area contributed by atoms with Crippen molar-refractivity contribution in [3.05, 3.63) is 69.4 Å². The SMILES string of the molecule is CC(C)=CCC[C@]1(C)C=Cc2c(O)c3c(c(CC=C(C)C)c2O1)O[C@]12C(=C[C@@H]4C[C@H]1C(C)(C)O[C@@]2(CC=C(C)C(N)=O)C4=O)C3=O. The number of primary amides is 1. The van der Waals surface area contributed by atoms with Crippen molar-refractivity contribution < 1.29 is 33.7 Å². The van der Waals surface area contributed by atoms with Gasteiger partial charge in [-0.05, 0) is 93.2 Å². The molecule has 46 heavy (non-hydrogen) atoms. The molecule has 1 aromatic carbocycles. The summed E-state index contributed by atoms with van der Waals surface area (Å²) in [7, 11) is 0. The Morgan fingerprint density at radius 2 is 1.72 bits per heavy atom. The maximum Gasteiger partial charge on any atom is 0.244 e. The number of ether oxygens (including phenoxy) is 3. The first-order chi connectivity index (χ1) is 21.5. The highest BCUT2D eigenvalue weighted by molar-refractivity contribution is 6.19. The van der Waals surface area contributed by atoms with E-state index in [2.05, 4.69) is 19.9 Å². The average molecular weight is 628 g/mol. The van der Waals surface area contributed by atoms with E-state index in [1.807, 2.05) is 52.8 Å². The van der Waals surface area contributed by atoms with Gasteiger partial charge in [0.1, 0.15) is 28.4 Å². The number of ketones is 2. The quantitative estimate of drug-likeness (QED) is 0.245. The number of carbonyl (C=O) groups is 3. The van der Waals surface area contributed by atoms with Crippen LogP contribution in [0.15, 0.2) is 52.7 Å². The first kappa shape index (κ1) is 32.0. The summed E-state index contributed by atoms with van der Waals surface area (Å²) in [6.45, 7) is 15.6. The third-order valence-corrected chi connectivity index (χ3v) is 10.5. The second-order valence-electron chi connectivity index (χ2n) is 14.8. The molecular formula is C38H45NO7. The predicted molar refractivity (Wildman–Crippen MR) is 176 cm³/mol. The van der Waals surface area contributed by atoms with E-state index in [1.54, 1.807) is 19.1 Å². The molecule has 8 nitrogen and oxygen atoms in total. The van der Waals surface area contributed by atoms with Crippen LogP contribution in [0, 0.1) is 11.8 Å². The van der Waals surface area contributed by atoms with E-state index in [-0.39, 0.29) is 41.0 Å². The van der Waals surface area contributed by atoms with Crippen LogP contribution in [0.2, 0.25) is 0 Å². The zero-order valence-electron chi connectivity index (χ0n) is 28.1. The van der Waals surface area contributed by atoms with Crippen molar-refractivity contribution in [1.82, 2.24) is 0 Å². The van der Waals surface area contributed by atoms with Crippen LogP contribution in [0.3, 0.4) is 0 Å². The van der Waals surface area contributed by atoms with Crippen LogP contribution >= 0.6 is 0 Å². The number of hydrogen-bond acceptors (Lipinski definition) is 7. The smallest absolute Gasteiger partial charge is 0.244 e. The molecular weight excluding hydrogens is 582 g/mol. The fraction of sp³-hybridized carbons (Fsp3) is 0.500. The van der Waals surface area contributed by atoms with Gasteiger partial charge in [0, 0.05) is 35.0 Å². The summed E-state index contributed by atoms with van der Waals surface area (Å²) in [4.78, 5) is 41.1. The summed E-state index contributed by atoms with van der Waals surface area (Å²) in [5.41, 5.74) is 5.08. The Morgan fingerprint density at radius 3 is 2.37 bits per heavy atom. The molecule has 8 heteroatoms. The minimum absolute atomic E-state index is 0.0128. The van der Waals surface area contributed by atoms with Gasteiger partial charge in [-0.2, -0.15) is 0 Å². The molecule has 1 saturated heterocycles. The largest absolute Gasteiger partial charge is 0.506 e. The molecule has 4 bridgehead atoms. The Morgan fingerprint density at radius 1 is 1.02 bits per heavy atom. The molecule has 3 aliphatic heterocycles. The van der Waals surface area contributed by atoms with Gasteiger partial charge >= 0.3 is 0 Å². The van der Waals surface area contributed by atoms with E-state index in [9.17, 15) is 19.5 Å². The number of rotatable bonds is 8. The first-order valence-electron chi connectivity index (χ1n) is 16.2. The highest BCUT2D eigenvalue weighted by atomic mass is 16.6. The van der Waals surface area contributed by atoms with Gasteiger partial charge in [-0.15, -0.1) is 0 Å². The lowest BCUT2D eigenvalue weighted by Gasteiger charge is -2.56. The van der Waals surface area contributed by atoms with Gasteiger partial charge in [-0.1, -0.05) is 35.5 Å². The van der Waals surface area contributed by atoms with Gasteiger partial charge in [-0.25, -0.2) is 0 Å². The Kier molecular flexibility index (Phi) is 7.36. The zero-order valence-corrected chi connectivity index (χ0v) is 28.1. The summed E-state index contributed by atoms with van der Waals surface area (Å²) in [5.74, 6) is -1.59. The fourth-order valence-electron chi connectivity index (χ4n) is 8.19. The van der Waals surface area contributed by atoms with Crippen LogP contribution in [-0.2, 0) is 20.7 Å². The highest BCUT2D eigenvalue weighted by Crippen LogP contribution is 2.68. The monoisotopic (exact) mass is 627 g/mol. The molecule has 0 aromatic heterocycles. The topological polar surface area (TPSA) is 125 Å². The number of carbonyl (C=O) groups excluding carboxylic acids is 3. The maximum absolute atomic E-state index is 14.7. The van der Waals surface area contributed by atoms with Crippen molar-refractivity contribution in [1.29, 1.82) is 0 Å². The second kappa shape index (κ2) is 10.6. The molecule has 5 atom stereocenters. The number of amides is 1. The molecule has 0 radical (unpaired) electrons. The molecule has 1 spiro atoms. The van der Waals surface area contributed by atoms with Crippen molar-refractivity contribution in [2.75, 3.05) is 0 Å². The first-order valence-corrected chi connectivity index (χ1v) is 16.2. The number of phenols is 1. The van der Waals surface area contributed by atoms with E-state index >= 15 is 0 Å². The van der Waals surface area contributed by atoms with Gasteiger partial charge in [0.05, 0.1) is 11.2 Å². The Bertz CT molecular complexity index is 1730. The van der Waals surface area contributed by atoms with E-state index in [0.717, 1.165) is 12.0 Å². The molecule has 6 aliphatic rings. The van der Waals surface area contributed by atoms with E-state index in [1.165, 1.54) is 5.57 Å². The lowest BCUT2D eigenvalue weighted by Crippen LogP contribution is -2.72. The van der Waals surface area contributed by atoms with Crippen molar-refractivity contribution in [3.8, 4) is 17.2 Å². The molecule has 3 N–H and O–H groups in total. The normalized spacial score (nSPS) is 31.2. The summed E-state index contributed by atoms with van der Waals surface area (Å²) in [5, 5.41) is 11.8. The summed E-state index contributed by atoms with van der Waals surface area (Å²) in [6, 6.07) is 0. The number of nitrogens with two attached hydrogens (primary N) is 1. The molecule has 0 unspecified atom stereocenters. The number of aromatic hydroxyl groups is 1. The summed E-state index contributed by atoms with van der Waals surface area (Å²) >= 11 is 0. The number of fused-ring (bicyclic) bond motifs is 2. The average Bonchev–Trinajstić information content (AvgIpc) is 3.12. The number of Topliss-reactive ketones (excluding diaryl/α,β-unsaturated/α-hetero) is 2. The fourth-order valence-corrected chi connectivity index (χ4v) is 8.19. The summed E-state index contributed by atoms with van der Waals surface area (Å²) < 4.78 is 20.7. The Balaban J connectivity index is 1.59. The van der Waals surface area contributed by atoms with E-state index in [0.29, 0.717) is 47.3 Å². The zero-order chi connectivity index (χ0) is 33.6. The highest BCUT2D eigenvalue weighted by Gasteiger charge is 2.81. The van der Waals surface area contributed by atoms with Gasteiger partial charge in [0.25, 0.3) is 0 Å². The third-order valence-electron chi connectivity index (χ3n) is 10.5. The molecule has 7 rings (SSSR count). The van der Waals surface area contributed by atoms with Crippen LogP contribution in [0.25, 0.3) is 6.08 Å². The van der Waals surface area contributed by atoms with Gasteiger partial charge in [-0.3, -0.25) is 14.4 Å². The van der Waals surface area contributed by atoms with Crippen molar-refractivity contribution in [2.45, 2.75) is 110 Å². The van der Waals surface area contributed by atoms with E-state index < -0.39 is 34.2 Å². The van der Waals surface area contributed by atoms with E-state index in [4.69, 9.17) is 19.9 Å². The molecule has 1 amide bonds. The van der Waals surface area contributed by atoms with Crippen LogP contribution < -0.4 is 15.2 Å². The number of benzene rings is 1. The standard InChI is InChI=1S/C38H45NO7/c1-20(2)10-9-15-36(8)16-14-24-29(40)28-30(41)26-18-23-19-27-35(6,7)46-37(33(23)42,17-13-22(5)34(39)43)38(26,27)45-32(28)25(31(24)44-36)12-11-21(3)4/h10-11,13-14,16,18,23,27,40H,9,12,15,17,19H2,1-8H3,(H2,39,43)/t23-,27+,36-,37+,38-/m1/s1. The van der Waals surface area contributed by atoms with Crippen molar-refractivity contribution in [2.24, 2.45) is 17.6 Å². The van der Waals surface area contributed by atoms with Crippen LogP contribution in [-0.4, -0.2) is 45.0 Å². The Hall–Kier alpha value is -3.91. The number of hydrogen-bond donors (Lipinski definition) is 2. The minimum atomic E-state index is -1.57. The lowest BCUT2D eigenvalue weighted by atomic mass is 9.51. The van der Waals surface area contributed by atoms with Gasteiger partial charge < -0.3 is 25.1 Å². The molecule has 3 heterocycles. The minimum Gasteiger partial charge on any atom is -0.506 e. The molecule has 3 aliphatic carbocycles. The lowest BCUT2D eigenvalue weighted by molar-refractivity contribution is -0.171. The molecule has 244 valence electrons. The third kappa shape index (κ3) is 4.47. The van der Waals surface area contributed by atoms with Crippen molar-refractivity contribution >= 4 is 23.5 Å². The molecule has 1 saturated carbocycles. The predicted octanol–water partition coefficient (Wildman–Crippen LogP) is 6.64. The molecule has 1 aromatic rings. The van der Waals surface area contributed by atoms with Crippen molar-refractivity contribution in [3.63, 3.8) is 0 Å². The Labute approximate surface area is 271 Å². The van der Waals surface area contributed by atoms with Crippen LogP contribution in [0.4, 0.5) is 0 Å². The summed E-state index contributed by atoms with van der Waals surface area (Å²) in [6.07, 6.45) is 13.7. The van der Waals surface area contributed by atoms with Gasteiger partial charge in [0.15, 0.2) is 22.8 Å². The van der Waals surface area contributed by atoms with Crippen LogP contribution in [0.5, 0.6) is 17.2 Å². The van der Waals surface area contributed by atoms with Crippen LogP contribution in [0.1, 0.15) is 103 Å². The number of phenolic OH excluding ortho intramolecular Hbond substituents is 1.